The van der Waals surface area contributed by atoms with Gasteiger partial charge in [-0.2, -0.15) is 0 Å². The van der Waals surface area contributed by atoms with Crippen molar-refractivity contribution in [3.05, 3.63) is 30.1 Å². The third-order valence-electron chi connectivity index (χ3n) is 3.97. The van der Waals surface area contributed by atoms with Crippen LogP contribution >= 0.6 is 0 Å². The van der Waals surface area contributed by atoms with Gasteiger partial charge in [-0.1, -0.05) is 19.1 Å². The normalized spacial score (nSPS) is 13.9. The van der Waals surface area contributed by atoms with Crippen molar-refractivity contribution in [3.8, 4) is 0 Å². The van der Waals surface area contributed by atoms with Gasteiger partial charge in [0.15, 0.2) is 0 Å². The number of fused-ring (bicyclic) bond motifs is 1. The molecule has 0 bridgehead atoms. The minimum absolute atomic E-state index is 0.193. The average molecular weight is 259 g/mol. The summed E-state index contributed by atoms with van der Waals surface area (Å²) in [4.78, 5) is 4.63. The fraction of sp³-hybridized carbons (Fsp3) is 0.562. The van der Waals surface area contributed by atoms with Crippen LogP contribution in [0.15, 0.2) is 24.3 Å². The number of benzene rings is 1. The van der Waals surface area contributed by atoms with Crippen LogP contribution in [-0.2, 0) is 0 Å². The fourth-order valence-electron chi connectivity index (χ4n) is 2.36. The van der Waals surface area contributed by atoms with E-state index >= 15 is 0 Å². The molecular weight excluding hydrogens is 234 g/mol. The third kappa shape index (κ3) is 2.98. The highest BCUT2D eigenvalue weighted by Crippen LogP contribution is 2.21. The molecule has 104 valence electrons. The van der Waals surface area contributed by atoms with Crippen LogP contribution in [0.4, 0.5) is 0 Å². The van der Waals surface area contributed by atoms with Crippen molar-refractivity contribution in [1.82, 2.24) is 14.9 Å². The van der Waals surface area contributed by atoms with Gasteiger partial charge in [0.25, 0.3) is 0 Å². The molecule has 0 spiro atoms. The molecule has 3 heteroatoms. The van der Waals surface area contributed by atoms with Crippen LogP contribution < -0.4 is 5.32 Å². The summed E-state index contributed by atoms with van der Waals surface area (Å²) < 4.78 is 2.33. The van der Waals surface area contributed by atoms with Crippen LogP contribution in [0.3, 0.4) is 0 Å². The van der Waals surface area contributed by atoms with Crippen molar-refractivity contribution in [1.29, 1.82) is 0 Å². The quantitative estimate of drug-likeness (QED) is 0.887. The van der Waals surface area contributed by atoms with E-state index in [1.54, 1.807) is 0 Å². The highest BCUT2D eigenvalue weighted by molar-refractivity contribution is 5.76. The Hall–Kier alpha value is -1.35. The zero-order valence-electron chi connectivity index (χ0n) is 12.7. The van der Waals surface area contributed by atoms with E-state index in [0.717, 1.165) is 24.3 Å². The summed E-state index contributed by atoms with van der Waals surface area (Å²) in [6.45, 7) is 12.0. The van der Waals surface area contributed by atoms with Gasteiger partial charge in [-0.3, -0.25) is 0 Å². The van der Waals surface area contributed by atoms with Gasteiger partial charge in [0, 0.05) is 18.1 Å². The molecule has 0 saturated carbocycles. The molecule has 2 rings (SSSR count). The molecule has 1 aromatic carbocycles. The molecular formula is C16H25N3. The molecule has 1 atom stereocenters. The van der Waals surface area contributed by atoms with E-state index < -0.39 is 0 Å². The zero-order valence-corrected chi connectivity index (χ0v) is 12.7. The number of rotatable bonds is 5. The van der Waals surface area contributed by atoms with Crippen molar-refractivity contribution in [2.45, 2.75) is 52.6 Å². The number of para-hydroxylation sites is 2. The van der Waals surface area contributed by atoms with E-state index in [0.29, 0.717) is 6.04 Å². The second-order valence-corrected chi connectivity index (χ2v) is 5.99. The van der Waals surface area contributed by atoms with E-state index in [-0.39, 0.29) is 5.54 Å². The Morgan fingerprint density at radius 2 is 2.00 bits per heavy atom. The van der Waals surface area contributed by atoms with E-state index in [4.69, 9.17) is 0 Å². The van der Waals surface area contributed by atoms with Gasteiger partial charge in [-0.25, -0.2) is 4.98 Å². The van der Waals surface area contributed by atoms with Gasteiger partial charge < -0.3 is 9.88 Å². The van der Waals surface area contributed by atoms with Crippen molar-refractivity contribution in [2.24, 2.45) is 0 Å². The highest BCUT2D eigenvalue weighted by Gasteiger charge is 2.18. The molecule has 2 aromatic rings. The number of nitrogens with one attached hydrogen (secondary N) is 1. The van der Waals surface area contributed by atoms with Crippen molar-refractivity contribution in [2.75, 3.05) is 6.54 Å². The molecule has 0 aliphatic heterocycles. The van der Waals surface area contributed by atoms with Crippen LogP contribution in [0.1, 0.15) is 46.0 Å². The fourth-order valence-corrected chi connectivity index (χ4v) is 2.36. The lowest BCUT2D eigenvalue weighted by molar-refractivity contribution is 0.345. The lowest BCUT2D eigenvalue weighted by Crippen LogP contribution is -2.41. The molecule has 19 heavy (non-hydrogen) atoms. The van der Waals surface area contributed by atoms with Gasteiger partial charge in [-0.15, -0.1) is 0 Å². The standard InChI is InChI=1S/C16H25N3/c1-6-16(4,5)17-11-12(2)19-13(3)18-14-9-7-8-10-15(14)19/h7-10,12,17H,6,11H2,1-5H3. The summed E-state index contributed by atoms with van der Waals surface area (Å²) in [5.74, 6) is 1.09. The van der Waals surface area contributed by atoms with Crippen molar-refractivity contribution >= 4 is 11.0 Å². The molecule has 0 fully saturated rings. The molecule has 1 aromatic heterocycles. The number of aryl methyl sites for hydroxylation is 1. The second-order valence-electron chi connectivity index (χ2n) is 5.99. The Bertz CT molecular complexity index is 554. The van der Waals surface area contributed by atoms with E-state index in [1.165, 1.54) is 5.52 Å². The third-order valence-corrected chi connectivity index (χ3v) is 3.97. The minimum Gasteiger partial charge on any atom is -0.324 e. The van der Waals surface area contributed by atoms with Crippen LogP contribution in [0, 0.1) is 6.92 Å². The first-order valence-corrected chi connectivity index (χ1v) is 7.13. The van der Waals surface area contributed by atoms with Gasteiger partial charge in [0.05, 0.1) is 11.0 Å². The lowest BCUT2D eigenvalue weighted by Gasteiger charge is -2.27. The number of hydrogen-bond acceptors (Lipinski definition) is 2. The predicted molar refractivity (Wildman–Crippen MR) is 81.6 cm³/mol. The first-order chi connectivity index (χ1) is 8.94. The number of nitrogens with zero attached hydrogens (tertiary/aromatic N) is 2. The predicted octanol–water partition coefficient (Wildman–Crippen LogP) is 3.68. The summed E-state index contributed by atoms with van der Waals surface area (Å²) in [6.07, 6.45) is 1.13. The topological polar surface area (TPSA) is 29.9 Å². The van der Waals surface area contributed by atoms with Crippen LogP contribution in [0.25, 0.3) is 11.0 Å². The van der Waals surface area contributed by atoms with Gasteiger partial charge >= 0.3 is 0 Å². The van der Waals surface area contributed by atoms with E-state index in [9.17, 15) is 0 Å². The molecule has 3 nitrogen and oxygen atoms in total. The number of imidazole rings is 1. The Balaban J connectivity index is 2.22. The Morgan fingerprint density at radius 3 is 2.68 bits per heavy atom. The second kappa shape index (κ2) is 5.33. The Labute approximate surface area is 116 Å². The van der Waals surface area contributed by atoms with Crippen molar-refractivity contribution in [3.63, 3.8) is 0 Å². The highest BCUT2D eigenvalue weighted by atomic mass is 15.1. The molecule has 1 unspecified atom stereocenters. The Morgan fingerprint density at radius 1 is 1.32 bits per heavy atom. The first-order valence-electron chi connectivity index (χ1n) is 7.13. The molecule has 0 aliphatic carbocycles. The Kier molecular flexibility index (Phi) is 3.95. The summed E-state index contributed by atoms with van der Waals surface area (Å²) in [6, 6.07) is 8.75. The molecule has 1 heterocycles. The maximum Gasteiger partial charge on any atom is 0.107 e. The minimum atomic E-state index is 0.193. The zero-order chi connectivity index (χ0) is 14.0. The lowest BCUT2D eigenvalue weighted by atomic mass is 10.0. The van der Waals surface area contributed by atoms with Crippen LogP contribution in [0.2, 0.25) is 0 Å². The van der Waals surface area contributed by atoms with Crippen LogP contribution in [-0.4, -0.2) is 21.6 Å². The number of hydrogen-bond donors (Lipinski definition) is 1. The molecule has 1 N–H and O–H groups in total. The van der Waals surface area contributed by atoms with Gasteiger partial charge in [0.2, 0.25) is 0 Å². The average Bonchev–Trinajstić information content (AvgIpc) is 2.72. The smallest absolute Gasteiger partial charge is 0.107 e. The molecule has 0 aliphatic rings. The van der Waals surface area contributed by atoms with Gasteiger partial charge in [0.1, 0.15) is 5.82 Å². The summed E-state index contributed by atoms with van der Waals surface area (Å²) in [7, 11) is 0. The first kappa shape index (κ1) is 14.1. The summed E-state index contributed by atoms with van der Waals surface area (Å²) in [5.41, 5.74) is 2.50. The number of aromatic nitrogens is 2. The summed E-state index contributed by atoms with van der Waals surface area (Å²) in [5, 5.41) is 3.64. The molecule has 0 radical (unpaired) electrons. The maximum atomic E-state index is 4.63. The largest absolute Gasteiger partial charge is 0.324 e. The molecule has 0 amide bonds. The van der Waals surface area contributed by atoms with Crippen LogP contribution in [0.5, 0.6) is 0 Å². The molecule has 0 saturated heterocycles. The monoisotopic (exact) mass is 259 g/mol. The van der Waals surface area contributed by atoms with E-state index in [2.05, 4.69) is 67.7 Å². The SMILES string of the molecule is CCC(C)(C)NCC(C)n1c(C)nc2ccccc21. The van der Waals surface area contributed by atoms with Gasteiger partial charge in [-0.05, 0) is 46.2 Å². The van der Waals surface area contributed by atoms with E-state index in [1.807, 2.05) is 6.07 Å². The maximum absolute atomic E-state index is 4.63. The van der Waals surface area contributed by atoms with Crippen molar-refractivity contribution < 1.29 is 0 Å². The summed E-state index contributed by atoms with van der Waals surface area (Å²) >= 11 is 0.